The molecule has 0 bridgehead atoms. The van der Waals surface area contributed by atoms with Gasteiger partial charge in [-0.2, -0.15) is 5.21 Å². The summed E-state index contributed by atoms with van der Waals surface area (Å²) in [6.07, 6.45) is 1.47. The molecule has 0 saturated carbocycles. The van der Waals surface area contributed by atoms with Gasteiger partial charge in [0, 0.05) is 12.0 Å². The SMILES string of the molecule is O=C(Cc1cocc1S(=O)(=O)c1ccc(F)cc1)C(=O)c1nn[nH]n1. The Kier molecular flexibility index (Phi) is 4.23. The Morgan fingerprint density at radius 2 is 1.88 bits per heavy atom. The van der Waals surface area contributed by atoms with E-state index in [1.54, 1.807) is 0 Å². The van der Waals surface area contributed by atoms with Gasteiger partial charge in [0.2, 0.25) is 21.4 Å². The van der Waals surface area contributed by atoms with E-state index in [4.69, 9.17) is 4.42 Å². The zero-order valence-electron chi connectivity index (χ0n) is 12.3. The molecule has 0 saturated heterocycles. The van der Waals surface area contributed by atoms with Gasteiger partial charge in [-0.3, -0.25) is 9.59 Å². The zero-order chi connectivity index (χ0) is 18.0. The molecule has 3 aromatic rings. The predicted octanol–water partition coefficient (Wildman–Crippen LogP) is 0.759. The molecule has 0 amide bonds. The van der Waals surface area contributed by atoms with Crippen molar-refractivity contribution < 1.29 is 26.8 Å². The summed E-state index contributed by atoms with van der Waals surface area (Å²) >= 11 is 0. The number of Topliss-reactive ketones (excluding diaryl/α,β-unsaturated/α-hetero) is 2. The van der Waals surface area contributed by atoms with E-state index in [-0.39, 0.29) is 15.4 Å². The molecule has 0 fully saturated rings. The average molecular weight is 364 g/mol. The maximum Gasteiger partial charge on any atom is 0.269 e. The Labute approximate surface area is 139 Å². The van der Waals surface area contributed by atoms with Crippen LogP contribution >= 0.6 is 0 Å². The fourth-order valence-electron chi connectivity index (χ4n) is 2.05. The van der Waals surface area contributed by atoms with E-state index in [1.165, 1.54) is 0 Å². The number of hydrogen-bond donors (Lipinski definition) is 1. The molecule has 9 nitrogen and oxygen atoms in total. The van der Waals surface area contributed by atoms with Crippen LogP contribution in [0.2, 0.25) is 0 Å². The first-order valence-corrected chi connectivity index (χ1v) is 8.24. The van der Waals surface area contributed by atoms with Crippen molar-refractivity contribution in [1.29, 1.82) is 0 Å². The van der Waals surface area contributed by atoms with E-state index in [9.17, 15) is 22.4 Å². The zero-order valence-corrected chi connectivity index (χ0v) is 13.2. The summed E-state index contributed by atoms with van der Waals surface area (Å²) in [5.74, 6) is -2.96. The Morgan fingerprint density at radius 1 is 1.16 bits per heavy atom. The number of nitrogens with one attached hydrogen (secondary N) is 1. The number of aromatic amines is 1. The lowest BCUT2D eigenvalue weighted by atomic mass is 10.1. The lowest BCUT2D eigenvalue weighted by Crippen LogP contribution is -2.19. The molecule has 0 atom stereocenters. The van der Waals surface area contributed by atoms with Gasteiger partial charge in [0.25, 0.3) is 5.78 Å². The molecule has 1 N–H and O–H groups in total. The van der Waals surface area contributed by atoms with Gasteiger partial charge in [-0.25, -0.2) is 12.8 Å². The summed E-state index contributed by atoms with van der Waals surface area (Å²) in [6.45, 7) is 0. The number of carbonyl (C=O) groups is 2. The van der Waals surface area contributed by atoms with Crippen LogP contribution in [0.25, 0.3) is 0 Å². The average Bonchev–Trinajstić information content (AvgIpc) is 3.26. The molecular weight excluding hydrogens is 355 g/mol. The van der Waals surface area contributed by atoms with E-state index in [2.05, 4.69) is 20.6 Å². The molecule has 0 spiro atoms. The first-order valence-electron chi connectivity index (χ1n) is 6.76. The normalized spacial score (nSPS) is 11.4. The Morgan fingerprint density at radius 3 is 2.52 bits per heavy atom. The van der Waals surface area contributed by atoms with Gasteiger partial charge in [-0.1, -0.05) is 0 Å². The minimum Gasteiger partial charge on any atom is -0.471 e. The molecule has 0 aliphatic carbocycles. The standard InChI is InChI=1S/C14H9FN4O5S/c15-9-1-3-10(4-2-9)25(22,23)12-7-24-6-8(12)5-11(20)13(21)14-16-18-19-17-14/h1-4,6-7H,5H2,(H,16,17,18,19). The Hall–Kier alpha value is -3.21. The second kappa shape index (κ2) is 6.36. The highest BCUT2D eigenvalue weighted by atomic mass is 32.2. The Balaban J connectivity index is 1.89. The molecule has 0 radical (unpaired) electrons. The van der Waals surface area contributed by atoms with Crippen LogP contribution in [-0.2, 0) is 21.1 Å². The summed E-state index contributed by atoms with van der Waals surface area (Å²) in [6, 6.07) is 4.18. The number of sulfone groups is 1. The summed E-state index contributed by atoms with van der Waals surface area (Å²) in [4.78, 5) is 23.4. The number of benzene rings is 1. The van der Waals surface area contributed by atoms with Gasteiger partial charge < -0.3 is 4.42 Å². The number of tetrazole rings is 1. The van der Waals surface area contributed by atoms with Crippen LogP contribution in [0.3, 0.4) is 0 Å². The maximum atomic E-state index is 13.0. The summed E-state index contributed by atoms with van der Waals surface area (Å²) in [7, 11) is -4.04. The van der Waals surface area contributed by atoms with Crippen LogP contribution in [0.5, 0.6) is 0 Å². The van der Waals surface area contributed by atoms with Crippen LogP contribution in [0.4, 0.5) is 4.39 Å². The van der Waals surface area contributed by atoms with Crippen LogP contribution in [0.1, 0.15) is 16.2 Å². The predicted molar refractivity (Wildman–Crippen MR) is 77.8 cm³/mol. The molecule has 2 heterocycles. The van der Waals surface area contributed by atoms with Gasteiger partial charge >= 0.3 is 0 Å². The first-order chi connectivity index (χ1) is 11.9. The molecular formula is C14H9FN4O5S. The van der Waals surface area contributed by atoms with Crippen molar-refractivity contribution in [1.82, 2.24) is 20.6 Å². The Bertz CT molecular complexity index is 1030. The third-order valence-electron chi connectivity index (χ3n) is 3.27. The van der Waals surface area contributed by atoms with Gasteiger partial charge in [0.05, 0.1) is 11.2 Å². The second-order valence-corrected chi connectivity index (χ2v) is 6.80. The molecule has 25 heavy (non-hydrogen) atoms. The molecule has 0 aliphatic heterocycles. The van der Waals surface area contributed by atoms with E-state index in [0.717, 1.165) is 36.8 Å². The fraction of sp³-hybridized carbons (Fsp3) is 0.0714. The molecule has 0 unspecified atom stereocenters. The number of furan rings is 1. The molecule has 3 rings (SSSR count). The van der Waals surface area contributed by atoms with Crippen molar-refractivity contribution in [2.45, 2.75) is 16.2 Å². The fourth-order valence-corrected chi connectivity index (χ4v) is 3.45. The van der Waals surface area contributed by atoms with Gasteiger partial charge in [0.15, 0.2) is 0 Å². The lowest BCUT2D eigenvalue weighted by Gasteiger charge is -2.04. The lowest BCUT2D eigenvalue weighted by molar-refractivity contribution is -0.114. The number of aromatic nitrogens is 4. The number of ketones is 2. The molecule has 11 heteroatoms. The number of hydrogen-bond acceptors (Lipinski definition) is 8. The van der Waals surface area contributed by atoms with Crippen LogP contribution in [-0.4, -0.2) is 40.6 Å². The van der Waals surface area contributed by atoms with Gasteiger partial charge in [-0.15, -0.1) is 10.2 Å². The van der Waals surface area contributed by atoms with Crippen LogP contribution in [0, 0.1) is 5.82 Å². The largest absolute Gasteiger partial charge is 0.471 e. The van der Waals surface area contributed by atoms with Crippen molar-refractivity contribution in [3.8, 4) is 0 Å². The minimum absolute atomic E-state index is 0.00818. The van der Waals surface area contributed by atoms with Gasteiger partial charge in [-0.05, 0) is 29.5 Å². The summed E-state index contributed by atoms with van der Waals surface area (Å²) < 4.78 is 43.0. The number of halogens is 1. The quantitative estimate of drug-likeness (QED) is 0.385. The van der Waals surface area contributed by atoms with E-state index >= 15 is 0 Å². The maximum absolute atomic E-state index is 13.0. The summed E-state index contributed by atoms with van der Waals surface area (Å²) in [5, 5.41) is 12.0. The number of carbonyl (C=O) groups excluding carboxylic acids is 2. The van der Waals surface area contributed by atoms with Crippen molar-refractivity contribution in [3.05, 3.63) is 54.0 Å². The van der Waals surface area contributed by atoms with Crippen molar-refractivity contribution in [3.63, 3.8) is 0 Å². The highest BCUT2D eigenvalue weighted by Crippen LogP contribution is 2.26. The van der Waals surface area contributed by atoms with Crippen molar-refractivity contribution in [2.24, 2.45) is 0 Å². The van der Waals surface area contributed by atoms with Gasteiger partial charge in [0.1, 0.15) is 17.0 Å². The molecule has 128 valence electrons. The monoisotopic (exact) mass is 364 g/mol. The third-order valence-corrected chi connectivity index (χ3v) is 5.10. The molecule has 1 aromatic carbocycles. The minimum atomic E-state index is -4.04. The summed E-state index contributed by atoms with van der Waals surface area (Å²) in [5.41, 5.74) is -0.00818. The highest BCUT2D eigenvalue weighted by molar-refractivity contribution is 7.91. The number of H-pyrrole nitrogens is 1. The van der Waals surface area contributed by atoms with Crippen LogP contribution in [0.15, 0.2) is 51.0 Å². The smallest absolute Gasteiger partial charge is 0.269 e. The highest BCUT2D eigenvalue weighted by Gasteiger charge is 2.27. The number of rotatable bonds is 6. The van der Waals surface area contributed by atoms with E-state index in [0.29, 0.717) is 0 Å². The third kappa shape index (κ3) is 3.21. The van der Waals surface area contributed by atoms with E-state index in [1.807, 2.05) is 0 Å². The topological polar surface area (TPSA) is 136 Å². The second-order valence-electron chi connectivity index (χ2n) is 4.88. The van der Waals surface area contributed by atoms with Crippen LogP contribution < -0.4 is 0 Å². The first kappa shape index (κ1) is 16.6. The molecule has 0 aliphatic rings. The van der Waals surface area contributed by atoms with E-state index < -0.39 is 39.5 Å². The number of nitrogens with zero attached hydrogens (tertiary/aromatic N) is 3. The van der Waals surface area contributed by atoms with Crippen molar-refractivity contribution >= 4 is 21.4 Å². The molecule has 2 aromatic heterocycles. The van der Waals surface area contributed by atoms with Crippen molar-refractivity contribution in [2.75, 3.05) is 0 Å².